The van der Waals surface area contributed by atoms with Crippen LogP contribution in [0.2, 0.25) is 0 Å². The van der Waals surface area contributed by atoms with Crippen LogP contribution in [-0.2, 0) is 39.3 Å². The predicted molar refractivity (Wildman–Crippen MR) is 134 cm³/mol. The minimum Gasteiger partial charge on any atom is -0.478 e. The van der Waals surface area contributed by atoms with Crippen LogP contribution >= 0.6 is 0 Å². The molecule has 35 heavy (non-hydrogen) atoms. The van der Waals surface area contributed by atoms with Crippen molar-refractivity contribution in [3.05, 3.63) is 88.5 Å². The van der Waals surface area contributed by atoms with Crippen molar-refractivity contribution in [2.24, 2.45) is 11.7 Å². The summed E-state index contributed by atoms with van der Waals surface area (Å²) in [5.74, 6) is -1.11. The summed E-state index contributed by atoms with van der Waals surface area (Å²) in [4.78, 5) is 24.6. The topological polar surface area (TPSA) is 128 Å². The summed E-state index contributed by atoms with van der Waals surface area (Å²) in [6.07, 6.45) is 0. The normalized spacial score (nSPS) is 10.4. The summed E-state index contributed by atoms with van der Waals surface area (Å²) in [5, 5.41) is 23.6. The molecule has 0 aliphatic carbocycles. The van der Waals surface area contributed by atoms with Crippen LogP contribution < -0.4 is 16.4 Å². The number of hydrogen-bond donors (Lipinski definition) is 5. The van der Waals surface area contributed by atoms with Crippen molar-refractivity contribution >= 4 is 23.4 Å². The van der Waals surface area contributed by atoms with Crippen molar-refractivity contribution in [1.82, 2.24) is 5.32 Å². The van der Waals surface area contributed by atoms with E-state index in [4.69, 9.17) is 11.1 Å². The van der Waals surface area contributed by atoms with Crippen molar-refractivity contribution in [1.29, 1.82) is 5.41 Å². The van der Waals surface area contributed by atoms with Gasteiger partial charge in [0, 0.05) is 29.9 Å². The van der Waals surface area contributed by atoms with E-state index in [1.807, 2.05) is 39.0 Å². The third-order valence-corrected chi connectivity index (χ3v) is 5.33. The molecule has 6 N–H and O–H groups in total. The molecule has 0 spiro atoms. The number of carboxylic acids is 1. The Bertz CT molecular complexity index is 1220. The number of amidine groups is 1. The number of rotatable bonds is 9. The molecule has 0 unspecified atom stereocenters. The van der Waals surface area contributed by atoms with Crippen LogP contribution in [0.3, 0.4) is 0 Å². The maximum Gasteiger partial charge on any atom is 3.00 e. The van der Waals surface area contributed by atoms with E-state index < -0.39 is 5.97 Å². The molecule has 0 aliphatic heterocycles. The maximum atomic E-state index is 12.5. The van der Waals surface area contributed by atoms with Gasteiger partial charge in [0.2, 0.25) is 0 Å². The van der Waals surface area contributed by atoms with Crippen LogP contribution in [0.1, 0.15) is 51.3 Å². The fourth-order valence-electron chi connectivity index (χ4n) is 3.52. The Labute approximate surface area is 230 Å². The first-order valence-corrected chi connectivity index (χ1v) is 11.0. The van der Waals surface area contributed by atoms with Gasteiger partial charge in [-0.15, -0.1) is 11.1 Å². The van der Waals surface area contributed by atoms with Crippen LogP contribution in [-0.4, -0.2) is 29.4 Å². The van der Waals surface area contributed by atoms with Gasteiger partial charge in [-0.2, -0.15) is 23.8 Å². The number of aryl methyl sites for hydroxylation is 1. The number of anilines is 1. The Morgan fingerprint density at radius 3 is 2.31 bits per heavy atom. The summed E-state index contributed by atoms with van der Waals surface area (Å²) in [6.45, 7) is 6.87. The second-order valence-corrected chi connectivity index (χ2v) is 8.57. The first kappa shape index (κ1) is 28.2. The van der Waals surface area contributed by atoms with Crippen LogP contribution in [0, 0.1) is 24.3 Å². The predicted octanol–water partition coefficient (Wildman–Crippen LogP) is 4.44. The van der Waals surface area contributed by atoms with Gasteiger partial charge in [0.15, 0.2) is 0 Å². The maximum absolute atomic E-state index is 12.5. The molecule has 8 heteroatoms. The molecule has 0 aliphatic rings. The molecule has 0 atom stereocenters. The molecule has 0 saturated heterocycles. The minimum absolute atomic E-state index is 0. The fourth-order valence-corrected chi connectivity index (χ4v) is 3.52. The van der Waals surface area contributed by atoms with Gasteiger partial charge in [0.1, 0.15) is 5.84 Å². The van der Waals surface area contributed by atoms with E-state index in [0.29, 0.717) is 35.7 Å². The van der Waals surface area contributed by atoms with Crippen molar-refractivity contribution in [3.8, 4) is 11.1 Å². The number of benzene rings is 3. The second-order valence-electron chi connectivity index (χ2n) is 8.57. The summed E-state index contributed by atoms with van der Waals surface area (Å²) in [7, 11) is 0. The number of nitrogens with two attached hydrogens (primary N) is 1. The molecule has 0 radical (unpaired) electrons. The third-order valence-electron chi connectivity index (χ3n) is 5.33. The Morgan fingerprint density at radius 2 is 1.71 bits per heavy atom. The Balaban J connectivity index is 0.00000432. The number of nitrogen functional groups attached to an aromatic ring is 1. The van der Waals surface area contributed by atoms with Crippen LogP contribution in [0.4, 0.5) is 5.69 Å². The Morgan fingerprint density at radius 1 is 1.06 bits per heavy atom. The number of carbonyl (C=O) groups is 2. The van der Waals surface area contributed by atoms with Gasteiger partial charge in [-0.25, -0.2) is 4.79 Å². The van der Waals surface area contributed by atoms with Gasteiger partial charge < -0.3 is 21.5 Å². The molecule has 0 aromatic heterocycles. The fraction of sp³-hybridized carbons (Fsp3) is 0.222. The van der Waals surface area contributed by atoms with Crippen molar-refractivity contribution in [3.63, 3.8) is 0 Å². The first-order chi connectivity index (χ1) is 16.2. The zero-order valence-electron chi connectivity index (χ0n) is 20.1. The molecule has 0 fully saturated rings. The van der Waals surface area contributed by atoms with Crippen molar-refractivity contribution < 1.29 is 47.4 Å². The van der Waals surface area contributed by atoms with Crippen LogP contribution in [0.25, 0.3) is 11.1 Å². The molecule has 3 aromatic carbocycles. The molecular formula is C27H29N4O3Y+2. The number of carboxylic acid groups (broad SMARTS) is 1. The van der Waals surface area contributed by atoms with Crippen LogP contribution in [0.5, 0.6) is 0 Å². The van der Waals surface area contributed by atoms with Crippen LogP contribution in [0.15, 0.2) is 54.6 Å². The van der Waals surface area contributed by atoms with E-state index in [-0.39, 0.29) is 50.0 Å². The number of hydrogen-bond acceptors (Lipinski definition) is 4. The largest absolute Gasteiger partial charge is 3.00 e. The number of amides is 1. The zero-order chi connectivity index (χ0) is 24.8. The van der Waals surface area contributed by atoms with Gasteiger partial charge in [-0.1, -0.05) is 32.4 Å². The molecule has 0 bridgehead atoms. The van der Waals surface area contributed by atoms with E-state index in [2.05, 4.69) is 16.7 Å². The average molecular weight is 546 g/mol. The van der Waals surface area contributed by atoms with Crippen molar-refractivity contribution in [2.75, 3.05) is 11.9 Å². The van der Waals surface area contributed by atoms with Crippen molar-refractivity contribution in [2.45, 2.75) is 27.3 Å². The quantitative estimate of drug-likeness (QED) is 0.154. The first-order valence-electron chi connectivity index (χ1n) is 11.0. The van der Waals surface area contributed by atoms with Gasteiger partial charge in [0.25, 0.3) is 5.91 Å². The molecule has 1 amide bonds. The Hall–Kier alpha value is -3.03. The molecule has 3 aromatic rings. The average Bonchev–Trinajstić information content (AvgIpc) is 2.81. The smallest absolute Gasteiger partial charge is 0.478 e. The van der Waals surface area contributed by atoms with E-state index in [0.717, 1.165) is 22.4 Å². The Kier molecular flexibility index (Phi) is 10.2. The van der Waals surface area contributed by atoms with Gasteiger partial charge in [0.05, 0.1) is 5.56 Å². The molecule has 7 nitrogen and oxygen atoms in total. The summed E-state index contributed by atoms with van der Waals surface area (Å²) >= 11 is 0. The summed E-state index contributed by atoms with van der Waals surface area (Å²) < 4.78 is 0. The third kappa shape index (κ3) is 7.48. The number of nitrogens with one attached hydrogen (secondary N) is 3. The molecule has 0 heterocycles. The van der Waals surface area contributed by atoms with E-state index in [1.54, 1.807) is 30.3 Å². The van der Waals surface area contributed by atoms with E-state index in [9.17, 15) is 14.7 Å². The van der Waals surface area contributed by atoms with Gasteiger partial charge in [-0.3, -0.25) is 10.2 Å². The zero-order valence-corrected chi connectivity index (χ0v) is 22.9. The monoisotopic (exact) mass is 546 g/mol. The number of aromatic carboxylic acids is 1. The second kappa shape index (κ2) is 12.6. The molecule has 0 saturated carbocycles. The van der Waals surface area contributed by atoms with Gasteiger partial charge >= 0.3 is 38.7 Å². The SMILES string of the molecule is Cc1[c-]cc(-c2ccc(C(=O)NCC(C)C)cc2C(=O)O)c(CNc2ccc(C(=N)N)cc2)c1.[Y+3]. The van der Waals surface area contributed by atoms with E-state index >= 15 is 0 Å². The summed E-state index contributed by atoms with van der Waals surface area (Å²) in [5.41, 5.74) is 10.4. The number of carbonyl (C=O) groups excluding carboxylic acids is 1. The standard InChI is InChI=1S/C27H29N4O3.Y/c1-16(2)14-31-26(32)19-7-11-23(24(13-19)27(33)34)22-10-4-17(3)12-20(22)15-30-21-8-5-18(6-9-21)25(28)29;/h5-13,16,30H,14-15H2,1-3H3,(H3,28,29)(H,31,32)(H,33,34);/q-1;+3. The van der Waals surface area contributed by atoms with E-state index in [1.165, 1.54) is 6.07 Å². The molecular weight excluding hydrogens is 517 g/mol. The molecule has 176 valence electrons. The molecule has 3 rings (SSSR count). The van der Waals surface area contributed by atoms with Gasteiger partial charge in [-0.05, 0) is 42.3 Å². The minimum atomic E-state index is -1.10. The summed E-state index contributed by atoms with van der Waals surface area (Å²) in [6, 6.07) is 18.9.